The molecule has 0 saturated carbocycles. The minimum atomic E-state index is -0.104. The second-order valence-corrected chi connectivity index (χ2v) is 6.10. The van der Waals surface area contributed by atoms with Crippen molar-refractivity contribution >= 4 is 0 Å². The van der Waals surface area contributed by atoms with Crippen LogP contribution in [0.25, 0.3) is 0 Å². The molecule has 0 aliphatic carbocycles. The van der Waals surface area contributed by atoms with Crippen molar-refractivity contribution in [1.82, 2.24) is 0 Å². The van der Waals surface area contributed by atoms with E-state index in [-0.39, 0.29) is 11.2 Å². The number of unbranched alkanes of at least 4 members (excludes halogenated alkanes) is 1. The lowest BCUT2D eigenvalue weighted by Gasteiger charge is -2.15. The summed E-state index contributed by atoms with van der Waals surface area (Å²) in [5.74, 6) is 0. The SMILES string of the molecule is CCCCOCCC1(c2cccc(C3(C)CO3)c2)CO1. The van der Waals surface area contributed by atoms with Crippen LogP contribution in [0.5, 0.6) is 0 Å². The largest absolute Gasteiger partial charge is 0.381 e. The van der Waals surface area contributed by atoms with E-state index < -0.39 is 0 Å². The zero-order valence-corrected chi connectivity index (χ0v) is 12.5. The minimum Gasteiger partial charge on any atom is -0.381 e. The first-order chi connectivity index (χ1) is 9.69. The van der Waals surface area contributed by atoms with E-state index in [1.807, 2.05) is 0 Å². The van der Waals surface area contributed by atoms with Crippen LogP contribution < -0.4 is 0 Å². The molecule has 3 nitrogen and oxygen atoms in total. The number of rotatable bonds is 8. The summed E-state index contributed by atoms with van der Waals surface area (Å²) in [6, 6.07) is 8.66. The normalized spacial score (nSPS) is 31.3. The minimum absolute atomic E-state index is 0.0658. The van der Waals surface area contributed by atoms with Gasteiger partial charge in [-0.15, -0.1) is 0 Å². The van der Waals surface area contributed by atoms with Gasteiger partial charge in [0.15, 0.2) is 0 Å². The van der Waals surface area contributed by atoms with Crippen molar-refractivity contribution < 1.29 is 14.2 Å². The first kappa shape index (κ1) is 14.1. The molecule has 2 aliphatic heterocycles. The Labute approximate surface area is 121 Å². The predicted molar refractivity (Wildman–Crippen MR) is 77.7 cm³/mol. The van der Waals surface area contributed by atoms with Gasteiger partial charge < -0.3 is 14.2 Å². The molecule has 0 spiro atoms. The molecule has 0 radical (unpaired) electrons. The van der Waals surface area contributed by atoms with Crippen molar-refractivity contribution in [1.29, 1.82) is 0 Å². The van der Waals surface area contributed by atoms with Crippen LogP contribution in [-0.4, -0.2) is 26.4 Å². The summed E-state index contributed by atoms with van der Waals surface area (Å²) in [5, 5.41) is 0. The molecule has 2 saturated heterocycles. The number of ether oxygens (including phenoxy) is 3. The van der Waals surface area contributed by atoms with E-state index in [1.54, 1.807) is 0 Å². The number of epoxide rings is 2. The van der Waals surface area contributed by atoms with Crippen molar-refractivity contribution in [2.75, 3.05) is 26.4 Å². The molecule has 2 atom stereocenters. The number of hydrogen-bond donors (Lipinski definition) is 0. The molecule has 3 heteroatoms. The Kier molecular flexibility index (Phi) is 3.85. The zero-order valence-electron chi connectivity index (χ0n) is 12.5. The van der Waals surface area contributed by atoms with Crippen molar-refractivity contribution in [2.24, 2.45) is 0 Å². The fourth-order valence-corrected chi connectivity index (χ4v) is 2.53. The third-order valence-electron chi connectivity index (χ3n) is 4.36. The van der Waals surface area contributed by atoms with E-state index in [9.17, 15) is 0 Å². The topological polar surface area (TPSA) is 34.3 Å². The van der Waals surface area contributed by atoms with Gasteiger partial charge in [-0.1, -0.05) is 31.5 Å². The summed E-state index contributed by atoms with van der Waals surface area (Å²) in [7, 11) is 0. The lowest BCUT2D eigenvalue weighted by atomic mass is 9.92. The summed E-state index contributed by atoms with van der Waals surface area (Å²) < 4.78 is 17.0. The summed E-state index contributed by atoms with van der Waals surface area (Å²) in [5.41, 5.74) is 2.36. The molecule has 1 aromatic carbocycles. The van der Waals surface area contributed by atoms with Gasteiger partial charge in [0.1, 0.15) is 11.2 Å². The highest BCUT2D eigenvalue weighted by atomic mass is 16.6. The van der Waals surface area contributed by atoms with Gasteiger partial charge in [-0.3, -0.25) is 0 Å². The first-order valence-corrected chi connectivity index (χ1v) is 7.65. The molecule has 3 rings (SSSR count). The number of hydrogen-bond acceptors (Lipinski definition) is 3. The van der Waals surface area contributed by atoms with Gasteiger partial charge in [0.2, 0.25) is 0 Å². The molecular weight excluding hydrogens is 252 g/mol. The van der Waals surface area contributed by atoms with Gasteiger partial charge in [-0.25, -0.2) is 0 Å². The molecule has 0 bridgehead atoms. The summed E-state index contributed by atoms with van der Waals surface area (Å²) >= 11 is 0. The maximum atomic E-state index is 5.76. The highest BCUT2D eigenvalue weighted by Gasteiger charge is 2.47. The Morgan fingerprint density at radius 3 is 2.55 bits per heavy atom. The Morgan fingerprint density at radius 2 is 1.90 bits per heavy atom. The average Bonchev–Trinajstić information content (AvgIpc) is 3.37. The average molecular weight is 276 g/mol. The van der Waals surface area contributed by atoms with E-state index in [0.29, 0.717) is 0 Å². The fourth-order valence-electron chi connectivity index (χ4n) is 2.53. The van der Waals surface area contributed by atoms with Crippen LogP contribution in [0, 0.1) is 0 Å². The Balaban J connectivity index is 1.60. The summed E-state index contributed by atoms with van der Waals surface area (Å²) in [6.45, 7) is 7.59. The smallest absolute Gasteiger partial charge is 0.119 e. The van der Waals surface area contributed by atoms with Crippen LogP contribution in [-0.2, 0) is 25.4 Å². The Bertz CT molecular complexity index is 461. The molecule has 2 aliphatic rings. The number of benzene rings is 1. The van der Waals surface area contributed by atoms with E-state index in [4.69, 9.17) is 14.2 Å². The maximum Gasteiger partial charge on any atom is 0.119 e. The molecule has 0 aromatic heterocycles. The van der Waals surface area contributed by atoms with E-state index in [0.717, 1.165) is 39.3 Å². The molecule has 2 unspecified atom stereocenters. The summed E-state index contributed by atoms with van der Waals surface area (Å²) in [6.07, 6.45) is 3.26. The highest BCUT2D eigenvalue weighted by Crippen LogP contribution is 2.45. The monoisotopic (exact) mass is 276 g/mol. The van der Waals surface area contributed by atoms with E-state index in [1.165, 1.54) is 17.5 Å². The standard InChI is InChI=1S/C17H24O3/c1-3-4-9-18-10-8-17(13-20-17)15-7-5-6-14(11-15)16(2)12-19-16/h5-7,11H,3-4,8-10,12-13H2,1-2H3. The second kappa shape index (κ2) is 5.47. The molecule has 1 aromatic rings. The lowest BCUT2D eigenvalue weighted by Crippen LogP contribution is -2.14. The van der Waals surface area contributed by atoms with Gasteiger partial charge in [-0.2, -0.15) is 0 Å². The molecule has 0 N–H and O–H groups in total. The van der Waals surface area contributed by atoms with Crippen molar-refractivity contribution in [3.05, 3.63) is 35.4 Å². The predicted octanol–water partition coefficient (Wildman–Crippen LogP) is 3.36. The van der Waals surface area contributed by atoms with Crippen LogP contribution >= 0.6 is 0 Å². The van der Waals surface area contributed by atoms with Crippen LogP contribution in [0.1, 0.15) is 44.2 Å². The van der Waals surface area contributed by atoms with Gasteiger partial charge in [-0.05, 0) is 30.5 Å². The van der Waals surface area contributed by atoms with Crippen LogP contribution in [0.4, 0.5) is 0 Å². The highest BCUT2D eigenvalue weighted by molar-refractivity contribution is 5.35. The van der Waals surface area contributed by atoms with Crippen LogP contribution in [0.3, 0.4) is 0 Å². The van der Waals surface area contributed by atoms with Crippen molar-refractivity contribution in [2.45, 2.75) is 44.3 Å². The van der Waals surface area contributed by atoms with Gasteiger partial charge in [0.25, 0.3) is 0 Å². The van der Waals surface area contributed by atoms with Gasteiger partial charge in [0.05, 0.1) is 13.2 Å². The molecule has 2 fully saturated rings. The maximum absolute atomic E-state index is 5.76. The lowest BCUT2D eigenvalue weighted by molar-refractivity contribution is 0.108. The zero-order chi connectivity index (χ0) is 14.1. The van der Waals surface area contributed by atoms with E-state index in [2.05, 4.69) is 38.1 Å². The fraction of sp³-hybridized carbons (Fsp3) is 0.647. The van der Waals surface area contributed by atoms with Gasteiger partial charge in [0, 0.05) is 19.6 Å². The quantitative estimate of drug-likeness (QED) is 0.539. The van der Waals surface area contributed by atoms with E-state index >= 15 is 0 Å². The van der Waals surface area contributed by atoms with Crippen LogP contribution in [0.15, 0.2) is 24.3 Å². The Hall–Kier alpha value is -0.900. The van der Waals surface area contributed by atoms with Crippen LogP contribution in [0.2, 0.25) is 0 Å². The second-order valence-electron chi connectivity index (χ2n) is 6.10. The third-order valence-corrected chi connectivity index (χ3v) is 4.36. The molecular formula is C17H24O3. The summed E-state index contributed by atoms with van der Waals surface area (Å²) in [4.78, 5) is 0. The van der Waals surface area contributed by atoms with Gasteiger partial charge >= 0.3 is 0 Å². The molecule has 20 heavy (non-hydrogen) atoms. The molecule has 110 valence electrons. The first-order valence-electron chi connectivity index (χ1n) is 7.65. The Morgan fingerprint density at radius 1 is 1.15 bits per heavy atom. The third kappa shape index (κ3) is 2.90. The van der Waals surface area contributed by atoms with Crippen molar-refractivity contribution in [3.63, 3.8) is 0 Å². The molecule has 0 amide bonds. The van der Waals surface area contributed by atoms with Crippen molar-refractivity contribution in [3.8, 4) is 0 Å². The molecule has 2 heterocycles.